The van der Waals surface area contributed by atoms with E-state index >= 15 is 0 Å². The highest BCUT2D eigenvalue weighted by atomic mass is 32.1. The average molecular weight is 346 g/mol. The van der Waals surface area contributed by atoms with Crippen LogP contribution >= 0.6 is 23.6 Å². The van der Waals surface area contributed by atoms with Crippen molar-refractivity contribution in [3.05, 3.63) is 33.0 Å². The molecular formula is C17H18N2O2S2. The second-order valence-corrected chi connectivity index (χ2v) is 7.17. The molecule has 2 aromatic heterocycles. The third-order valence-corrected chi connectivity index (χ3v) is 5.58. The van der Waals surface area contributed by atoms with Crippen LogP contribution in [-0.2, 0) is 0 Å². The van der Waals surface area contributed by atoms with Gasteiger partial charge in [0.05, 0.1) is 12.5 Å². The van der Waals surface area contributed by atoms with E-state index in [9.17, 15) is 0 Å². The van der Waals surface area contributed by atoms with Gasteiger partial charge in [-0.05, 0) is 43.8 Å². The van der Waals surface area contributed by atoms with Gasteiger partial charge >= 0.3 is 0 Å². The molecule has 0 N–H and O–H groups in total. The Bertz CT molecular complexity index is 942. The van der Waals surface area contributed by atoms with E-state index in [0.717, 1.165) is 37.8 Å². The SMILES string of the molecule is COc1cc(-c2nnc(C(C)C)s2)cc2oc(=S)c(C)c(C)c12. The fourth-order valence-corrected chi connectivity index (χ4v) is 3.50. The van der Waals surface area contributed by atoms with Crippen molar-refractivity contribution in [3.63, 3.8) is 0 Å². The molecule has 0 atom stereocenters. The zero-order valence-electron chi connectivity index (χ0n) is 13.8. The van der Waals surface area contributed by atoms with Gasteiger partial charge in [0.2, 0.25) is 0 Å². The van der Waals surface area contributed by atoms with E-state index in [1.807, 2.05) is 26.0 Å². The summed E-state index contributed by atoms with van der Waals surface area (Å²) >= 11 is 6.90. The smallest absolute Gasteiger partial charge is 0.193 e. The topological polar surface area (TPSA) is 48.2 Å². The van der Waals surface area contributed by atoms with Crippen LogP contribution in [0.1, 0.15) is 35.9 Å². The Morgan fingerprint density at radius 3 is 2.52 bits per heavy atom. The first kappa shape index (κ1) is 16.1. The number of hydrogen-bond donors (Lipinski definition) is 0. The monoisotopic (exact) mass is 346 g/mol. The van der Waals surface area contributed by atoms with Crippen molar-refractivity contribution in [1.29, 1.82) is 0 Å². The first-order chi connectivity index (χ1) is 10.9. The molecule has 0 saturated carbocycles. The molecule has 0 aliphatic rings. The number of rotatable bonds is 3. The summed E-state index contributed by atoms with van der Waals surface area (Å²) < 4.78 is 11.9. The summed E-state index contributed by atoms with van der Waals surface area (Å²) in [6.45, 7) is 8.22. The summed E-state index contributed by atoms with van der Waals surface area (Å²) in [7, 11) is 1.66. The minimum Gasteiger partial charge on any atom is -0.496 e. The van der Waals surface area contributed by atoms with Crippen molar-refractivity contribution in [1.82, 2.24) is 10.2 Å². The van der Waals surface area contributed by atoms with E-state index in [-0.39, 0.29) is 0 Å². The highest BCUT2D eigenvalue weighted by Crippen LogP contribution is 2.37. The molecule has 0 radical (unpaired) electrons. The van der Waals surface area contributed by atoms with Crippen molar-refractivity contribution in [2.24, 2.45) is 0 Å². The van der Waals surface area contributed by atoms with Crippen molar-refractivity contribution in [2.75, 3.05) is 7.11 Å². The molecule has 3 aromatic rings. The van der Waals surface area contributed by atoms with Gasteiger partial charge in [-0.15, -0.1) is 10.2 Å². The quantitative estimate of drug-likeness (QED) is 0.592. The molecule has 0 saturated heterocycles. The Kier molecular flexibility index (Phi) is 4.21. The van der Waals surface area contributed by atoms with E-state index < -0.39 is 0 Å². The van der Waals surface area contributed by atoms with Gasteiger partial charge in [-0.2, -0.15) is 0 Å². The van der Waals surface area contributed by atoms with Crippen molar-refractivity contribution in [3.8, 4) is 16.3 Å². The minimum absolute atomic E-state index is 0.359. The van der Waals surface area contributed by atoms with E-state index in [1.165, 1.54) is 0 Å². The van der Waals surface area contributed by atoms with Crippen LogP contribution in [0.5, 0.6) is 5.75 Å². The van der Waals surface area contributed by atoms with Gasteiger partial charge in [0.25, 0.3) is 0 Å². The molecule has 0 fully saturated rings. The molecule has 4 nitrogen and oxygen atoms in total. The lowest BCUT2D eigenvalue weighted by atomic mass is 10.0. The van der Waals surface area contributed by atoms with Crippen LogP contribution in [0.4, 0.5) is 0 Å². The predicted molar refractivity (Wildman–Crippen MR) is 96.1 cm³/mol. The Balaban J connectivity index is 2.27. The summed E-state index contributed by atoms with van der Waals surface area (Å²) in [5, 5.41) is 11.4. The van der Waals surface area contributed by atoms with Crippen LogP contribution in [-0.4, -0.2) is 17.3 Å². The molecule has 3 rings (SSSR count). The molecule has 0 spiro atoms. The number of aromatic nitrogens is 2. The van der Waals surface area contributed by atoms with Gasteiger partial charge in [0, 0.05) is 17.0 Å². The van der Waals surface area contributed by atoms with E-state index in [1.54, 1.807) is 18.4 Å². The maximum absolute atomic E-state index is 5.82. The molecule has 0 amide bonds. The first-order valence-electron chi connectivity index (χ1n) is 7.38. The maximum Gasteiger partial charge on any atom is 0.193 e. The highest BCUT2D eigenvalue weighted by molar-refractivity contribution is 7.71. The van der Waals surface area contributed by atoms with Crippen molar-refractivity contribution in [2.45, 2.75) is 33.6 Å². The number of fused-ring (bicyclic) bond motifs is 1. The number of methoxy groups -OCH3 is 1. The molecule has 0 aliphatic heterocycles. The molecule has 23 heavy (non-hydrogen) atoms. The van der Waals surface area contributed by atoms with E-state index in [4.69, 9.17) is 21.4 Å². The van der Waals surface area contributed by atoms with Crippen LogP contribution in [0.2, 0.25) is 0 Å². The molecule has 0 aliphatic carbocycles. The van der Waals surface area contributed by atoms with Gasteiger partial charge in [-0.3, -0.25) is 0 Å². The summed E-state index contributed by atoms with van der Waals surface area (Å²) in [6, 6.07) is 3.95. The third-order valence-electron chi connectivity index (χ3n) is 3.91. The Labute approximate surface area is 144 Å². The van der Waals surface area contributed by atoms with Crippen molar-refractivity contribution >= 4 is 34.5 Å². The number of aryl methyl sites for hydroxylation is 1. The Morgan fingerprint density at radius 1 is 1.17 bits per heavy atom. The van der Waals surface area contributed by atoms with Crippen LogP contribution in [0.15, 0.2) is 16.5 Å². The average Bonchev–Trinajstić information content (AvgIpc) is 3.01. The molecule has 2 heterocycles. The molecule has 0 unspecified atom stereocenters. The van der Waals surface area contributed by atoms with Gasteiger partial charge in [0.1, 0.15) is 21.3 Å². The van der Waals surface area contributed by atoms with Gasteiger partial charge < -0.3 is 9.15 Å². The third kappa shape index (κ3) is 2.77. The summed E-state index contributed by atoms with van der Waals surface area (Å²) in [6.07, 6.45) is 0. The zero-order chi connectivity index (χ0) is 16.7. The Hall–Kier alpha value is -1.79. The second kappa shape index (κ2) is 6.02. The largest absolute Gasteiger partial charge is 0.496 e. The minimum atomic E-state index is 0.359. The number of hydrogen-bond acceptors (Lipinski definition) is 6. The lowest BCUT2D eigenvalue weighted by molar-refractivity contribution is 0.418. The summed E-state index contributed by atoms with van der Waals surface area (Å²) in [4.78, 5) is 0. The van der Waals surface area contributed by atoms with Crippen LogP contribution in [0, 0.1) is 18.6 Å². The molecule has 120 valence electrons. The van der Waals surface area contributed by atoms with E-state index in [2.05, 4.69) is 24.0 Å². The fraction of sp³-hybridized carbons (Fsp3) is 0.353. The number of nitrogens with zero attached hydrogens (tertiary/aromatic N) is 2. The molecule has 0 bridgehead atoms. The van der Waals surface area contributed by atoms with E-state index in [0.29, 0.717) is 16.2 Å². The standard InChI is InChI=1S/C17H18N2O2S2/c1-8(2)15-18-19-16(23-15)11-6-12(20-5)14-9(3)10(4)17(22)21-13(14)7-11/h6-8H,1-5H3. The molecular weight excluding hydrogens is 328 g/mol. The summed E-state index contributed by atoms with van der Waals surface area (Å²) in [5.41, 5.74) is 3.70. The zero-order valence-corrected chi connectivity index (χ0v) is 15.4. The summed E-state index contributed by atoms with van der Waals surface area (Å²) in [5.74, 6) is 1.12. The van der Waals surface area contributed by atoms with Gasteiger partial charge in [-0.1, -0.05) is 25.2 Å². The van der Waals surface area contributed by atoms with Gasteiger partial charge in [0.15, 0.2) is 4.71 Å². The van der Waals surface area contributed by atoms with Crippen LogP contribution in [0.25, 0.3) is 21.5 Å². The van der Waals surface area contributed by atoms with Crippen LogP contribution in [0.3, 0.4) is 0 Å². The molecule has 1 aromatic carbocycles. The molecule has 6 heteroatoms. The number of benzene rings is 1. The Morgan fingerprint density at radius 2 is 1.91 bits per heavy atom. The fourth-order valence-electron chi connectivity index (χ4n) is 2.43. The lowest BCUT2D eigenvalue weighted by Gasteiger charge is -2.11. The normalized spacial score (nSPS) is 11.4. The first-order valence-corrected chi connectivity index (χ1v) is 8.60. The van der Waals surface area contributed by atoms with Crippen LogP contribution < -0.4 is 4.74 Å². The second-order valence-electron chi connectivity index (χ2n) is 5.79. The predicted octanol–water partition coefficient (Wildman–Crippen LogP) is 5.43. The number of ether oxygens (including phenoxy) is 1. The maximum atomic E-state index is 5.82. The lowest BCUT2D eigenvalue weighted by Crippen LogP contribution is -1.92. The highest BCUT2D eigenvalue weighted by Gasteiger charge is 2.16. The van der Waals surface area contributed by atoms with Gasteiger partial charge in [-0.25, -0.2) is 0 Å². The van der Waals surface area contributed by atoms with Crippen molar-refractivity contribution < 1.29 is 9.15 Å².